The Hall–Kier alpha value is -2.15. The van der Waals surface area contributed by atoms with Gasteiger partial charge in [0, 0.05) is 22.6 Å². The van der Waals surface area contributed by atoms with E-state index in [4.69, 9.17) is 11.6 Å². The van der Waals surface area contributed by atoms with Crippen molar-refractivity contribution in [3.8, 4) is 0 Å². The second-order valence-corrected chi connectivity index (χ2v) is 8.02. The quantitative estimate of drug-likeness (QED) is 0.718. The smallest absolute Gasteiger partial charge is 0.251 e. The van der Waals surface area contributed by atoms with Gasteiger partial charge in [0.05, 0.1) is 4.90 Å². The Balaban J connectivity index is 1.76. The number of halogens is 1. The molecule has 2 aromatic carbocycles. The molecule has 0 aliphatic rings. The van der Waals surface area contributed by atoms with Gasteiger partial charge in [0.2, 0.25) is 10.0 Å². The summed E-state index contributed by atoms with van der Waals surface area (Å²) in [7, 11) is -3.66. The number of fused-ring (bicyclic) bond motifs is 1. The van der Waals surface area contributed by atoms with Crippen molar-refractivity contribution < 1.29 is 8.42 Å². The van der Waals surface area contributed by atoms with Gasteiger partial charge in [-0.1, -0.05) is 29.8 Å². The zero-order valence-corrected chi connectivity index (χ0v) is 15.1. The van der Waals surface area contributed by atoms with Crippen molar-refractivity contribution in [2.75, 3.05) is 6.54 Å². The van der Waals surface area contributed by atoms with Gasteiger partial charge in [-0.15, -0.1) is 0 Å². The Labute approximate surface area is 150 Å². The molecule has 3 rings (SSSR count). The van der Waals surface area contributed by atoms with E-state index in [9.17, 15) is 13.2 Å². The summed E-state index contributed by atoms with van der Waals surface area (Å²) >= 11 is 5.83. The number of hydrogen-bond acceptors (Lipinski definition) is 3. The second kappa shape index (κ2) is 7.00. The van der Waals surface area contributed by atoms with Gasteiger partial charge in [0.25, 0.3) is 5.56 Å². The van der Waals surface area contributed by atoms with Crippen LogP contribution in [0.4, 0.5) is 0 Å². The monoisotopic (exact) mass is 376 g/mol. The van der Waals surface area contributed by atoms with E-state index in [2.05, 4.69) is 9.71 Å². The first-order valence-corrected chi connectivity index (χ1v) is 9.59. The van der Waals surface area contributed by atoms with Crippen LogP contribution in [0.1, 0.15) is 11.1 Å². The molecule has 0 saturated heterocycles. The fourth-order valence-electron chi connectivity index (χ4n) is 2.58. The summed E-state index contributed by atoms with van der Waals surface area (Å²) in [6.45, 7) is 2.07. The second-order valence-electron chi connectivity index (χ2n) is 5.82. The molecule has 1 aromatic heterocycles. The van der Waals surface area contributed by atoms with E-state index in [0.717, 1.165) is 16.5 Å². The Morgan fingerprint density at radius 2 is 1.92 bits per heavy atom. The summed E-state index contributed by atoms with van der Waals surface area (Å²) in [5.41, 5.74) is 2.16. The van der Waals surface area contributed by atoms with Crippen LogP contribution in [0.2, 0.25) is 5.02 Å². The van der Waals surface area contributed by atoms with Gasteiger partial charge in [-0.25, -0.2) is 13.1 Å². The van der Waals surface area contributed by atoms with Crippen molar-refractivity contribution in [1.82, 2.24) is 9.71 Å². The molecule has 0 spiro atoms. The van der Waals surface area contributed by atoms with E-state index in [0.29, 0.717) is 17.0 Å². The van der Waals surface area contributed by atoms with Crippen LogP contribution in [0.5, 0.6) is 0 Å². The van der Waals surface area contributed by atoms with E-state index >= 15 is 0 Å². The van der Waals surface area contributed by atoms with E-state index in [1.807, 2.05) is 25.1 Å². The lowest BCUT2D eigenvalue weighted by Gasteiger charge is -2.08. The van der Waals surface area contributed by atoms with Crippen LogP contribution in [0, 0.1) is 6.92 Å². The van der Waals surface area contributed by atoms with Crippen molar-refractivity contribution in [2.24, 2.45) is 0 Å². The fraction of sp³-hybridized carbons (Fsp3) is 0.167. The largest absolute Gasteiger partial charge is 0.322 e. The highest BCUT2D eigenvalue weighted by atomic mass is 35.5. The molecule has 130 valence electrons. The van der Waals surface area contributed by atoms with Gasteiger partial charge >= 0.3 is 0 Å². The summed E-state index contributed by atoms with van der Waals surface area (Å²) in [5.74, 6) is 0. The number of H-pyrrole nitrogens is 1. The predicted molar refractivity (Wildman–Crippen MR) is 99.7 cm³/mol. The molecule has 3 aromatic rings. The van der Waals surface area contributed by atoms with Crippen LogP contribution in [0.3, 0.4) is 0 Å². The lowest BCUT2D eigenvalue weighted by molar-refractivity contribution is 0.581. The van der Waals surface area contributed by atoms with Crippen molar-refractivity contribution >= 4 is 32.5 Å². The van der Waals surface area contributed by atoms with Gasteiger partial charge in [-0.2, -0.15) is 0 Å². The average molecular weight is 377 g/mol. The maximum Gasteiger partial charge on any atom is 0.251 e. The summed E-state index contributed by atoms with van der Waals surface area (Å²) in [6, 6.07) is 13.6. The lowest BCUT2D eigenvalue weighted by Crippen LogP contribution is -2.27. The highest BCUT2D eigenvalue weighted by Crippen LogP contribution is 2.16. The summed E-state index contributed by atoms with van der Waals surface area (Å²) in [4.78, 5) is 15.1. The van der Waals surface area contributed by atoms with Crippen LogP contribution in [0.15, 0.2) is 58.2 Å². The lowest BCUT2D eigenvalue weighted by atomic mass is 10.1. The number of aromatic amines is 1. The third kappa shape index (κ3) is 4.10. The van der Waals surface area contributed by atoms with Crippen molar-refractivity contribution in [3.05, 3.63) is 75.0 Å². The number of rotatable bonds is 5. The first-order valence-electron chi connectivity index (χ1n) is 7.73. The molecule has 0 amide bonds. The summed E-state index contributed by atoms with van der Waals surface area (Å²) < 4.78 is 27.0. The Kier molecular flexibility index (Phi) is 4.94. The first kappa shape index (κ1) is 17.7. The molecule has 0 aliphatic carbocycles. The van der Waals surface area contributed by atoms with Crippen molar-refractivity contribution in [3.63, 3.8) is 0 Å². The molecule has 1 heterocycles. The molecular weight excluding hydrogens is 360 g/mol. The van der Waals surface area contributed by atoms with E-state index in [1.54, 1.807) is 18.2 Å². The van der Waals surface area contributed by atoms with Crippen LogP contribution < -0.4 is 10.3 Å². The molecule has 0 aliphatic heterocycles. The number of aryl methyl sites for hydroxylation is 1. The minimum atomic E-state index is -3.66. The van der Waals surface area contributed by atoms with Gasteiger partial charge < -0.3 is 4.98 Å². The maximum atomic E-state index is 12.3. The number of benzene rings is 2. The zero-order valence-electron chi connectivity index (χ0n) is 13.5. The molecule has 7 heteroatoms. The number of nitrogens with one attached hydrogen (secondary N) is 2. The van der Waals surface area contributed by atoms with Crippen LogP contribution in [-0.2, 0) is 16.4 Å². The molecule has 0 saturated carbocycles. The third-order valence-corrected chi connectivity index (χ3v) is 5.56. The van der Waals surface area contributed by atoms with Crippen LogP contribution in [-0.4, -0.2) is 19.9 Å². The van der Waals surface area contributed by atoms with Gasteiger partial charge in [-0.3, -0.25) is 4.79 Å². The Morgan fingerprint density at radius 1 is 1.12 bits per heavy atom. The summed E-state index contributed by atoms with van der Waals surface area (Å²) in [6.07, 6.45) is 0.291. The molecule has 0 unspecified atom stereocenters. The van der Waals surface area contributed by atoms with Gasteiger partial charge in [0.15, 0.2) is 0 Å². The number of sulfonamides is 1. The summed E-state index contributed by atoms with van der Waals surface area (Å²) in [5, 5.41) is 1.27. The zero-order chi connectivity index (χ0) is 18.0. The fourth-order valence-corrected chi connectivity index (χ4v) is 3.92. The van der Waals surface area contributed by atoms with Crippen LogP contribution >= 0.6 is 11.6 Å². The number of hydrogen-bond donors (Lipinski definition) is 2. The number of pyridine rings is 1. The molecule has 0 atom stereocenters. The van der Waals surface area contributed by atoms with Crippen molar-refractivity contribution in [1.29, 1.82) is 0 Å². The SMILES string of the molecule is Cc1ccc2cc(CCNS(=O)(=O)c3cccc(Cl)c3)c(=O)[nH]c2c1. The minimum Gasteiger partial charge on any atom is -0.322 e. The molecule has 0 radical (unpaired) electrons. The third-order valence-electron chi connectivity index (χ3n) is 3.87. The topological polar surface area (TPSA) is 79.0 Å². The standard InChI is InChI=1S/C18H17ClN2O3S/c1-12-5-6-13-10-14(18(22)21-17(13)9-12)7-8-20-25(23,24)16-4-2-3-15(19)11-16/h2-6,9-11,20H,7-8H2,1H3,(H,21,22). The molecule has 0 bridgehead atoms. The van der Waals surface area contributed by atoms with E-state index in [1.165, 1.54) is 12.1 Å². The maximum absolute atomic E-state index is 12.3. The molecule has 2 N–H and O–H groups in total. The minimum absolute atomic E-state index is 0.0999. The Morgan fingerprint density at radius 3 is 2.68 bits per heavy atom. The van der Waals surface area contributed by atoms with E-state index in [-0.39, 0.29) is 17.0 Å². The highest BCUT2D eigenvalue weighted by molar-refractivity contribution is 7.89. The van der Waals surface area contributed by atoms with Gasteiger partial charge in [-0.05, 0) is 54.6 Å². The van der Waals surface area contributed by atoms with E-state index < -0.39 is 10.0 Å². The first-order chi connectivity index (χ1) is 11.8. The number of aromatic nitrogens is 1. The Bertz CT molecular complexity index is 1090. The molecule has 0 fully saturated rings. The average Bonchev–Trinajstić information content (AvgIpc) is 2.55. The highest BCUT2D eigenvalue weighted by Gasteiger charge is 2.14. The van der Waals surface area contributed by atoms with Crippen LogP contribution in [0.25, 0.3) is 10.9 Å². The predicted octanol–water partition coefficient (Wildman–Crippen LogP) is 3.01. The van der Waals surface area contributed by atoms with Crippen molar-refractivity contribution in [2.45, 2.75) is 18.2 Å². The molecular formula is C18H17ClN2O3S. The molecule has 25 heavy (non-hydrogen) atoms. The molecule has 5 nitrogen and oxygen atoms in total. The van der Waals surface area contributed by atoms with Gasteiger partial charge in [0.1, 0.15) is 0 Å². The normalized spacial score (nSPS) is 11.8.